The molecule has 0 radical (unpaired) electrons. The van der Waals surface area contributed by atoms with Crippen molar-refractivity contribution in [2.75, 3.05) is 13.2 Å². The Bertz CT molecular complexity index is 1190. The summed E-state index contributed by atoms with van der Waals surface area (Å²) in [5, 5.41) is 31.7. The number of nitrogens with one attached hydrogen (secondary N) is 1. The van der Waals surface area contributed by atoms with Gasteiger partial charge in [-0.15, -0.1) is 0 Å². The molecule has 3 aromatic rings. The molecule has 30 heavy (non-hydrogen) atoms. The van der Waals surface area contributed by atoms with E-state index < -0.39 is 36.1 Å². The highest BCUT2D eigenvalue weighted by Crippen LogP contribution is 2.38. The minimum absolute atomic E-state index is 0.0167. The molecule has 0 bridgehead atoms. The number of aromatic hydroxyl groups is 1. The van der Waals surface area contributed by atoms with E-state index in [0.29, 0.717) is 10.9 Å². The lowest BCUT2D eigenvalue weighted by atomic mass is 9.97. The van der Waals surface area contributed by atoms with E-state index in [9.17, 15) is 24.6 Å². The van der Waals surface area contributed by atoms with Crippen molar-refractivity contribution < 1.29 is 29.7 Å². The standard InChI is InChI=1S/C22H18N2O6/c25-10-13(26)9-23-22(30)12-5-6-14-15(7-12)21(29)18(20(14)28)19-17(27)8-11-3-1-2-4-16(11)24-19/h1-8,13,18,25-27H,9-10H2,(H,23,30). The number of para-hydroxylation sites is 1. The van der Waals surface area contributed by atoms with Crippen molar-refractivity contribution in [3.05, 3.63) is 70.9 Å². The molecule has 152 valence electrons. The Morgan fingerprint density at radius 1 is 1.07 bits per heavy atom. The molecule has 0 aliphatic heterocycles. The van der Waals surface area contributed by atoms with Gasteiger partial charge in [-0.25, -0.2) is 4.98 Å². The second-order valence-electron chi connectivity index (χ2n) is 7.05. The SMILES string of the molecule is O=C(NCC(O)CO)c1ccc2c(c1)C(=O)C(c1nc3ccccc3cc1O)C2=O. The number of aliphatic hydroxyl groups is 2. The number of Topliss-reactive ketones (excluding diaryl/α,β-unsaturated/α-hetero) is 2. The Morgan fingerprint density at radius 2 is 1.80 bits per heavy atom. The number of aromatic nitrogens is 1. The average Bonchev–Trinajstić information content (AvgIpc) is 3.00. The molecule has 1 aliphatic carbocycles. The van der Waals surface area contributed by atoms with E-state index in [0.717, 1.165) is 0 Å². The molecular formula is C22H18N2O6. The van der Waals surface area contributed by atoms with E-state index in [-0.39, 0.29) is 34.7 Å². The molecule has 8 heteroatoms. The minimum atomic E-state index is -1.28. The summed E-state index contributed by atoms with van der Waals surface area (Å²) in [6, 6.07) is 12.6. The van der Waals surface area contributed by atoms with Crippen LogP contribution in [0.5, 0.6) is 5.75 Å². The van der Waals surface area contributed by atoms with E-state index >= 15 is 0 Å². The van der Waals surface area contributed by atoms with Crippen molar-refractivity contribution in [3.8, 4) is 5.75 Å². The fraction of sp³-hybridized carbons (Fsp3) is 0.182. The average molecular weight is 406 g/mol. The van der Waals surface area contributed by atoms with Crippen LogP contribution in [0.1, 0.15) is 42.7 Å². The molecule has 1 aliphatic rings. The Hall–Kier alpha value is -3.62. The third-order valence-corrected chi connectivity index (χ3v) is 5.05. The quantitative estimate of drug-likeness (QED) is 0.467. The van der Waals surface area contributed by atoms with Crippen LogP contribution in [0.3, 0.4) is 0 Å². The maximum absolute atomic E-state index is 13.0. The van der Waals surface area contributed by atoms with Crippen LogP contribution in [0.25, 0.3) is 10.9 Å². The molecule has 2 atom stereocenters. The van der Waals surface area contributed by atoms with Gasteiger partial charge in [-0.05, 0) is 30.3 Å². The van der Waals surface area contributed by atoms with Gasteiger partial charge in [0.25, 0.3) is 5.91 Å². The lowest BCUT2D eigenvalue weighted by molar-refractivity contribution is 0.0801. The van der Waals surface area contributed by atoms with E-state index in [1.165, 1.54) is 24.3 Å². The highest BCUT2D eigenvalue weighted by molar-refractivity contribution is 6.30. The number of hydrogen-bond acceptors (Lipinski definition) is 7. The van der Waals surface area contributed by atoms with Crippen LogP contribution in [0.2, 0.25) is 0 Å². The van der Waals surface area contributed by atoms with Gasteiger partial charge in [0.05, 0.1) is 18.2 Å². The fourth-order valence-electron chi connectivity index (χ4n) is 3.49. The first-order valence-electron chi connectivity index (χ1n) is 9.29. The summed E-state index contributed by atoms with van der Waals surface area (Å²) in [6.07, 6.45) is -1.10. The van der Waals surface area contributed by atoms with Crippen LogP contribution < -0.4 is 5.32 Å². The van der Waals surface area contributed by atoms with Crippen molar-refractivity contribution in [2.45, 2.75) is 12.0 Å². The number of carbonyl (C=O) groups is 3. The smallest absolute Gasteiger partial charge is 0.251 e. The van der Waals surface area contributed by atoms with Gasteiger partial charge >= 0.3 is 0 Å². The van der Waals surface area contributed by atoms with Crippen molar-refractivity contribution in [3.63, 3.8) is 0 Å². The first-order chi connectivity index (χ1) is 14.4. The lowest BCUT2D eigenvalue weighted by Crippen LogP contribution is -2.33. The van der Waals surface area contributed by atoms with Crippen LogP contribution in [0, 0.1) is 0 Å². The zero-order valence-corrected chi connectivity index (χ0v) is 15.7. The number of carbonyl (C=O) groups excluding carboxylic acids is 3. The number of nitrogens with zero attached hydrogens (tertiary/aromatic N) is 1. The molecule has 0 spiro atoms. The zero-order chi connectivity index (χ0) is 21.4. The molecule has 0 saturated heterocycles. The molecule has 0 saturated carbocycles. The summed E-state index contributed by atoms with van der Waals surface area (Å²) < 4.78 is 0. The number of benzene rings is 2. The molecule has 4 N–H and O–H groups in total. The van der Waals surface area contributed by atoms with E-state index in [4.69, 9.17) is 5.11 Å². The molecule has 1 amide bonds. The third-order valence-electron chi connectivity index (χ3n) is 5.05. The highest BCUT2D eigenvalue weighted by Gasteiger charge is 2.42. The molecule has 2 unspecified atom stereocenters. The van der Waals surface area contributed by atoms with Crippen molar-refractivity contribution >= 4 is 28.4 Å². The van der Waals surface area contributed by atoms with Gasteiger partial charge < -0.3 is 20.6 Å². The second-order valence-corrected chi connectivity index (χ2v) is 7.05. The van der Waals surface area contributed by atoms with Gasteiger partial charge in [-0.1, -0.05) is 18.2 Å². The topological polar surface area (TPSA) is 137 Å². The van der Waals surface area contributed by atoms with Crippen LogP contribution in [-0.2, 0) is 0 Å². The van der Waals surface area contributed by atoms with Gasteiger partial charge in [-0.3, -0.25) is 14.4 Å². The molecule has 1 aromatic heterocycles. The zero-order valence-electron chi connectivity index (χ0n) is 15.7. The van der Waals surface area contributed by atoms with Gasteiger partial charge in [0.1, 0.15) is 17.4 Å². The summed E-state index contributed by atoms with van der Waals surface area (Å²) in [7, 11) is 0. The molecule has 8 nitrogen and oxygen atoms in total. The van der Waals surface area contributed by atoms with Gasteiger partial charge in [0.2, 0.25) is 0 Å². The summed E-state index contributed by atoms with van der Waals surface area (Å²) >= 11 is 0. The molecule has 1 heterocycles. The Labute approximate surface area is 170 Å². The predicted molar refractivity (Wildman–Crippen MR) is 107 cm³/mol. The van der Waals surface area contributed by atoms with Crippen molar-refractivity contribution in [1.29, 1.82) is 0 Å². The van der Waals surface area contributed by atoms with Crippen LogP contribution in [0.15, 0.2) is 48.5 Å². The van der Waals surface area contributed by atoms with Gasteiger partial charge in [0, 0.05) is 28.6 Å². The van der Waals surface area contributed by atoms with Gasteiger partial charge in [0.15, 0.2) is 11.6 Å². The van der Waals surface area contributed by atoms with Crippen LogP contribution >= 0.6 is 0 Å². The maximum atomic E-state index is 13.0. The molecule has 2 aromatic carbocycles. The first kappa shape index (κ1) is 19.7. The Balaban J connectivity index is 1.67. The summed E-state index contributed by atoms with van der Waals surface area (Å²) in [5.74, 6) is -3.11. The normalized spacial score (nSPS) is 16.5. The largest absolute Gasteiger partial charge is 0.506 e. The number of aliphatic hydroxyl groups excluding tert-OH is 2. The minimum Gasteiger partial charge on any atom is -0.506 e. The van der Waals surface area contributed by atoms with Crippen molar-refractivity contribution in [2.24, 2.45) is 0 Å². The number of fused-ring (bicyclic) bond motifs is 2. The molecule has 0 fully saturated rings. The van der Waals surface area contributed by atoms with E-state index in [1.807, 2.05) is 0 Å². The monoisotopic (exact) mass is 406 g/mol. The lowest BCUT2D eigenvalue weighted by Gasteiger charge is -2.10. The number of ketones is 2. The fourth-order valence-corrected chi connectivity index (χ4v) is 3.49. The van der Waals surface area contributed by atoms with Crippen LogP contribution in [0.4, 0.5) is 0 Å². The first-order valence-corrected chi connectivity index (χ1v) is 9.29. The number of amides is 1. The predicted octanol–water partition coefficient (Wildman–Crippen LogP) is 1.19. The third kappa shape index (κ3) is 3.32. The molecular weight excluding hydrogens is 388 g/mol. The van der Waals surface area contributed by atoms with Gasteiger partial charge in [-0.2, -0.15) is 0 Å². The van der Waals surface area contributed by atoms with E-state index in [1.54, 1.807) is 24.3 Å². The number of pyridine rings is 1. The Morgan fingerprint density at radius 3 is 2.57 bits per heavy atom. The Kier molecular flexibility index (Phi) is 5.03. The maximum Gasteiger partial charge on any atom is 0.251 e. The summed E-state index contributed by atoms with van der Waals surface area (Å²) in [6.45, 7) is -0.655. The molecule has 4 rings (SSSR count). The number of rotatable bonds is 5. The highest BCUT2D eigenvalue weighted by atomic mass is 16.3. The number of hydrogen-bond donors (Lipinski definition) is 4. The van der Waals surface area contributed by atoms with E-state index in [2.05, 4.69) is 10.3 Å². The van der Waals surface area contributed by atoms with Crippen LogP contribution in [-0.4, -0.2) is 57.0 Å². The summed E-state index contributed by atoms with van der Waals surface area (Å²) in [5.41, 5.74) is 0.902. The summed E-state index contributed by atoms with van der Waals surface area (Å²) in [4.78, 5) is 42.5. The van der Waals surface area contributed by atoms with Crippen molar-refractivity contribution in [1.82, 2.24) is 10.3 Å². The second kappa shape index (κ2) is 7.66.